The van der Waals surface area contributed by atoms with E-state index in [1.54, 1.807) is 0 Å². The second kappa shape index (κ2) is 28.0. The number of nitrogens with zero attached hydrogens (tertiary/aromatic N) is 1. The molecule has 0 aliphatic heterocycles. The topological polar surface area (TPSA) is 229 Å². The van der Waals surface area contributed by atoms with Gasteiger partial charge in [-0.1, -0.05) is 63.4 Å². The molecule has 0 bridgehead atoms. The zero-order chi connectivity index (χ0) is 48.5. The quantitative estimate of drug-likeness (QED) is 0.0435. The van der Waals surface area contributed by atoms with E-state index in [1.165, 1.54) is 42.6 Å². The van der Waals surface area contributed by atoms with Crippen LogP contribution in [0.4, 0.5) is 0 Å². The molecule has 2 heterocycles. The number of nitrogens with one attached hydrogen (secondary N) is 4. The van der Waals surface area contributed by atoms with Gasteiger partial charge in [0, 0.05) is 56.0 Å². The molecule has 0 saturated carbocycles. The van der Waals surface area contributed by atoms with Crippen LogP contribution in [0.3, 0.4) is 0 Å². The van der Waals surface area contributed by atoms with E-state index in [4.69, 9.17) is 15.9 Å². The van der Waals surface area contributed by atoms with Crippen LogP contribution < -0.4 is 27.1 Å². The molecule has 0 aliphatic carbocycles. The van der Waals surface area contributed by atoms with E-state index in [2.05, 4.69) is 26.9 Å². The molecule has 1 aromatic carbocycles. The zero-order valence-electron chi connectivity index (χ0n) is 38.7. The number of unbranched alkanes of at least 4 members (excludes halogenated alkanes) is 10. The number of pyridine rings is 2. The molecule has 4 N–H and O–H groups in total. The standard InChI is InChI=1S/C29H37N3O7S.C19H30N2O4/c1-5-18-30-27(35)22-13-12-14-24(20-22)40(37,38)32-21-23(16-17-25(32)33)28(36)31-19-11-9-7-6-8-10-15-26(34)39-29(2,3)4;1-19(2,3)25-17(23)10-8-6-4-5-7-9-13-20-18(24)15-11-12-16(22)21-14-15/h1,12-14,16-17,20-21H,6-11,15,18-19H2,2-4H3,(H,30,35)(H,31,36);11-12,14H,4-10,13H2,1-3H3,(H,20,24)(H,21,22). The molecule has 0 radical (unpaired) electrons. The number of amides is 3. The van der Waals surface area contributed by atoms with Crippen LogP contribution >= 0.6 is 0 Å². The van der Waals surface area contributed by atoms with E-state index < -0.39 is 38.6 Å². The maximum atomic E-state index is 13.2. The number of H-pyrrole nitrogens is 1. The summed E-state index contributed by atoms with van der Waals surface area (Å²) in [4.78, 5) is 85.4. The van der Waals surface area contributed by atoms with E-state index in [9.17, 15) is 42.0 Å². The van der Waals surface area contributed by atoms with E-state index in [-0.39, 0.29) is 46.0 Å². The number of ether oxygens (including phenoxy) is 2. The smallest absolute Gasteiger partial charge is 0.306 e. The molecule has 3 amide bonds. The Morgan fingerprint density at radius 1 is 0.631 bits per heavy atom. The fraction of sp³-hybridized carbons (Fsp3) is 0.521. The first-order valence-electron chi connectivity index (χ1n) is 22.1. The molecule has 65 heavy (non-hydrogen) atoms. The first-order valence-corrected chi connectivity index (χ1v) is 23.6. The van der Waals surface area contributed by atoms with Gasteiger partial charge in [0.25, 0.3) is 33.3 Å². The largest absolute Gasteiger partial charge is 0.460 e. The molecule has 0 spiro atoms. The lowest BCUT2D eigenvalue weighted by Gasteiger charge is -2.19. The Kier molecular flexibility index (Phi) is 23.7. The van der Waals surface area contributed by atoms with E-state index in [1.807, 2.05) is 41.5 Å². The number of rotatable bonds is 24. The van der Waals surface area contributed by atoms with Crippen LogP contribution in [0.1, 0.15) is 163 Å². The number of hydrogen-bond acceptors (Lipinski definition) is 11. The third kappa shape index (κ3) is 22.9. The van der Waals surface area contributed by atoms with E-state index in [0.717, 1.165) is 95.4 Å². The minimum Gasteiger partial charge on any atom is -0.460 e. The molecule has 0 aliphatic rings. The summed E-state index contributed by atoms with van der Waals surface area (Å²) in [5.74, 6) is 0.698. The number of benzene rings is 1. The maximum absolute atomic E-state index is 13.2. The summed E-state index contributed by atoms with van der Waals surface area (Å²) in [7, 11) is -4.38. The summed E-state index contributed by atoms with van der Waals surface area (Å²) in [6, 6.07) is 10.3. The number of hydrogen-bond donors (Lipinski definition) is 4. The van der Waals surface area contributed by atoms with Crippen molar-refractivity contribution in [3.8, 4) is 12.3 Å². The average Bonchev–Trinajstić information content (AvgIpc) is 3.23. The third-order valence-corrected chi connectivity index (χ3v) is 10.9. The van der Waals surface area contributed by atoms with Crippen molar-refractivity contribution < 1.29 is 41.9 Å². The molecule has 0 fully saturated rings. The van der Waals surface area contributed by atoms with Crippen LogP contribution in [0.25, 0.3) is 0 Å². The summed E-state index contributed by atoms with van der Waals surface area (Å²) >= 11 is 0. The normalized spacial score (nSPS) is 11.3. The van der Waals surface area contributed by atoms with Gasteiger partial charge in [0.05, 0.1) is 22.6 Å². The van der Waals surface area contributed by atoms with Crippen molar-refractivity contribution in [3.63, 3.8) is 0 Å². The monoisotopic (exact) mass is 921 g/mol. The molecule has 356 valence electrons. The van der Waals surface area contributed by atoms with Crippen molar-refractivity contribution in [2.24, 2.45) is 0 Å². The van der Waals surface area contributed by atoms with E-state index in [0.29, 0.717) is 35.5 Å². The van der Waals surface area contributed by atoms with Crippen molar-refractivity contribution >= 4 is 39.7 Å². The molecule has 2 aromatic heterocycles. The van der Waals surface area contributed by atoms with Gasteiger partial charge < -0.3 is 30.4 Å². The second-order valence-corrected chi connectivity index (χ2v) is 19.2. The van der Waals surface area contributed by atoms with Gasteiger partial charge in [0.1, 0.15) is 11.2 Å². The van der Waals surface area contributed by atoms with Gasteiger partial charge in [-0.2, -0.15) is 0 Å². The minimum absolute atomic E-state index is 0.00763. The number of carbonyl (C=O) groups is 5. The van der Waals surface area contributed by atoms with Crippen LogP contribution in [0.2, 0.25) is 0 Å². The van der Waals surface area contributed by atoms with Crippen LogP contribution in [0, 0.1) is 12.3 Å². The number of aromatic amines is 1. The number of aromatic nitrogens is 2. The maximum Gasteiger partial charge on any atom is 0.306 e. The van der Waals surface area contributed by atoms with Gasteiger partial charge >= 0.3 is 11.9 Å². The van der Waals surface area contributed by atoms with Gasteiger partial charge in [0.15, 0.2) is 0 Å². The fourth-order valence-electron chi connectivity index (χ4n) is 6.08. The average molecular weight is 922 g/mol. The van der Waals surface area contributed by atoms with Crippen LogP contribution in [0.5, 0.6) is 0 Å². The first-order chi connectivity index (χ1) is 30.6. The van der Waals surface area contributed by atoms with Gasteiger partial charge in [-0.05, 0) is 97.6 Å². The second-order valence-electron chi connectivity index (χ2n) is 17.3. The number of terminal acetylenes is 1. The van der Waals surface area contributed by atoms with Crippen molar-refractivity contribution in [2.45, 2.75) is 148 Å². The first kappa shape index (κ1) is 55.1. The van der Waals surface area contributed by atoms with Gasteiger partial charge in [-0.15, -0.1) is 6.42 Å². The molecule has 0 unspecified atom stereocenters. The predicted molar refractivity (Wildman–Crippen MR) is 249 cm³/mol. The molecular formula is C48H67N5O11S. The highest BCUT2D eigenvalue weighted by atomic mass is 32.2. The lowest BCUT2D eigenvalue weighted by molar-refractivity contribution is -0.156. The summed E-state index contributed by atoms with van der Waals surface area (Å²) < 4.78 is 37.4. The SMILES string of the molecule is C#CCNC(=O)c1cccc(S(=O)(=O)n2cc(C(=O)NCCCCCCCCC(=O)OC(C)(C)C)ccc2=O)c1.CC(C)(C)OC(=O)CCCCCCCCNC(=O)c1ccc(=O)[nH]c1. The van der Waals surface area contributed by atoms with Crippen molar-refractivity contribution in [1.29, 1.82) is 0 Å². The minimum atomic E-state index is -4.38. The number of carbonyl (C=O) groups excluding carboxylic acids is 5. The van der Waals surface area contributed by atoms with Crippen molar-refractivity contribution in [1.82, 2.24) is 24.9 Å². The predicted octanol–water partition coefficient (Wildman–Crippen LogP) is 6.43. The highest BCUT2D eigenvalue weighted by Gasteiger charge is 2.22. The van der Waals surface area contributed by atoms with Crippen LogP contribution in [-0.2, 0) is 29.1 Å². The van der Waals surface area contributed by atoms with Gasteiger partial charge in [0.2, 0.25) is 5.56 Å². The van der Waals surface area contributed by atoms with Crippen molar-refractivity contribution in [2.75, 3.05) is 19.6 Å². The summed E-state index contributed by atoms with van der Waals surface area (Å²) in [6.07, 6.45) is 19.6. The Morgan fingerprint density at radius 3 is 1.60 bits per heavy atom. The molecule has 17 heteroatoms. The highest BCUT2D eigenvalue weighted by molar-refractivity contribution is 7.90. The van der Waals surface area contributed by atoms with Crippen LogP contribution in [0.15, 0.2) is 75.4 Å². The summed E-state index contributed by atoms with van der Waals surface area (Å²) in [5.41, 5.74) is -1.41. The number of esters is 2. The molecule has 0 atom stereocenters. The van der Waals surface area contributed by atoms with Crippen LogP contribution in [-0.4, -0.2) is 77.9 Å². The Labute approximate surface area is 383 Å². The highest BCUT2D eigenvalue weighted by Crippen LogP contribution is 2.16. The Bertz CT molecular complexity index is 2280. The molecule has 3 rings (SSSR count). The lowest BCUT2D eigenvalue weighted by atomic mass is 10.1. The Balaban J connectivity index is 0.000000498. The molecule has 16 nitrogen and oxygen atoms in total. The molecular weight excluding hydrogens is 855 g/mol. The fourth-order valence-corrected chi connectivity index (χ4v) is 7.39. The van der Waals surface area contributed by atoms with E-state index >= 15 is 0 Å². The Morgan fingerprint density at radius 2 is 1.11 bits per heavy atom. The molecule has 3 aromatic rings. The lowest BCUT2D eigenvalue weighted by Crippen LogP contribution is -2.30. The van der Waals surface area contributed by atoms with Gasteiger partial charge in [-0.25, -0.2) is 12.4 Å². The third-order valence-electron chi connectivity index (χ3n) is 9.22. The van der Waals surface area contributed by atoms with Crippen molar-refractivity contribution in [3.05, 3.63) is 98.3 Å². The van der Waals surface area contributed by atoms with Gasteiger partial charge in [-0.3, -0.25) is 33.6 Å². The summed E-state index contributed by atoms with van der Waals surface area (Å²) in [5, 5.41) is 8.02. The Hall–Kier alpha value is -6.02. The molecule has 0 saturated heterocycles. The summed E-state index contributed by atoms with van der Waals surface area (Å²) in [6.45, 7) is 12.1. The zero-order valence-corrected chi connectivity index (χ0v) is 39.5.